The van der Waals surface area contributed by atoms with Gasteiger partial charge in [0.1, 0.15) is 6.10 Å². The maximum Gasteiger partial charge on any atom is 0.428 e. The molecule has 0 saturated carbocycles. The summed E-state index contributed by atoms with van der Waals surface area (Å²) in [6, 6.07) is 0. The minimum atomic E-state index is -6.06. The van der Waals surface area contributed by atoms with Gasteiger partial charge in [0.15, 0.2) is 0 Å². The number of ether oxygens (including phenoxy) is 3. The van der Waals surface area contributed by atoms with Gasteiger partial charge >= 0.3 is 18.3 Å². The lowest BCUT2D eigenvalue weighted by Crippen LogP contribution is -2.65. The van der Waals surface area contributed by atoms with E-state index in [0.29, 0.717) is 6.92 Å². The van der Waals surface area contributed by atoms with Crippen molar-refractivity contribution >= 4 is 5.97 Å². The van der Waals surface area contributed by atoms with E-state index in [2.05, 4.69) is 6.58 Å². The standard InChI is InChI=1S/C27H46F6O6/c1-16(2)20(34)37-15-21(5,6)13-19(14-22(7,8)38-17(3)23(9,10)35)24(11,12)39-18(4)25(36,26(28,29)30)27(31,32)33/h17-19,35-36H,1,13-15H2,2-12H3. The van der Waals surface area contributed by atoms with E-state index < -0.39 is 64.3 Å². The molecule has 232 valence electrons. The third kappa shape index (κ3) is 10.5. The minimum absolute atomic E-state index is 0.0709. The molecular weight excluding hydrogens is 534 g/mol. The van der Waals surface area contributed by atoms with Crippen molar-refractivity contribution in [3.05, 3.63) is 12.2 Å². The molecule has 0 bridgehead atoms. The molecule has 0 aromatic carbocycles. The molecule has 0 amide bonds. The maximum atomic E-state index is 13.5. The Kier molecular flexibility index (Phi) is 11.8. The largest absolute Gasteiger partial charge is 0.462 e. The van der Waals surface area contributed by atoms with Crippen LogP contribution in [0.2, 0.25) is 0 Å². The molecule has 3 atom stereocenters. The molecule has 39 heavy (non-hydrogen) atoms. The van der Waals surface area contributed by atoms with Gasteiger partial charge in [-0.2, -0.15) is 26.3 Å². The fourth-order valence-electron chi connectivity index (χ4n) is 4.20. The summed E-state index contributed by atoms with van der Waals surface area (Å²) in [7, 11) is 0. The summed E-state index contributed by atoms with van der Waals surface area (Å²) in [5.41, 5.74) is -9.69. The molecule has 0 aromatic rings. The van der Waals surface area contributed by atoms with Crippen LogP contribution in [0.1, 0.15) is 89.0 Å². The van der Waals surface area contributed by atoms with Gasteiger partial charge in [0.2, 0.25) is 0 Å². The van der Waals surface area contributed by atoms with Crippen molar-refractivity contribution in [3.63, 3.8) is 0 Å². The zero-order valence-electron chi connectivity index (χ0n) is 24.9. The van der Waals surface area contributed by atoms with Crippen molar-refractivity contribution in [2.75, 3.05) is 6.61 Å². The van der Waals surface area contributed by atoms with E-state index in [4.69, 9.17) is 14.2 Å². The number of hydrogen-bond donors (Lipinski definition) is 2. The quantitative estimate of drug-likeness (QED) is 0.138. The molecule has 0 saturated heterocycles. The molecule has 0 fully saturated rings. The number of aliphatic hydroxyl groups is 2. The molecule has 0 spiro atoms. The molecule has 0 radical (unpaired) electrons. The minimum Gasteiger partial charge on any atom is -0.462 e. The van der Waals surface area contributed by atoms with Crippen LogP contribution in [-0.4, -0.2) is 69.8 Å². The van der Waals surface area contributed by atoms with E-state index in [1.165, 1.54) is 34.6 Å². The highest BCUT2D eigenvalue weighted by Crippen LogP contribution is 2.48. The summed E-state index contributed by atoms with van der Waals surface area (Å²) in [5, 5.41) is 20.2. The van der Waals surface area contributed by atoms with Crippen LogP contribution in [0.3, 0.4) is 0 Å². The van der Waals surface area contributed by atoms with Crippen LogP contribution in [-0.2, 0) is 19.0 Å². The Labute approximate surface area is 228 Å². The SMILES string of the molecule is C=C(C)C(=O)OCC(C)(C)CC(CC(C)(C)OC(C)C(C)(C)O)C(C)(C)OC(C)C(O)(C(F)(F)F)C(F)(F)F. The first kappa shape index (κ1) is 37.6. The van der Waals surface area contributed by atoms with Crippen molar-refractivity contribution in [1.82, 2.24) is 0 Å². The summed E-state index contributed by atoms with van der Waals surface area (Å²) in [6.45, 7) is 19.6. The van der Waals surface area contributed by atoms with Gasteiger partial charge in [-0.3, -0.25) is 0 Å². The Balaban J connectivity index is 6.40. The zero-order chi connectivity index (χ0) is 31.6. The maximum absolute atomic E-state index is 13.5. The average molecular weight is 581 g/mol. The van der Waals surface area contributed by atoms with Gasteiger partial charge in [0.25, 0.3) is 5.60 Å². The van der Waals surface area contributed by atoms with Crippen LogP contribution in [0.4, 0.5) is 26.3 Å². The molecule has 0 heterocycles. The number of halogens is 6. The number of alkyl halides is 6. The summed E-state index contributed by atoms with van der Waals surface area (Å²) in [5.74, 6) is -1.42. The number of hydrogen-bond acceptors (Lipinski definition) is 6. The second-order valence-corrected chi connectivity index (χ2v) is 12.9. The molecule has 12 heteroatoms. The Bertz CT molecular complexity index is 825. The predicted octanol–water partition coefficient (Wildman–Crippen LogP) is 6.52. The normalized spacial score (nSPS) is 17.0. The van der Waals surface area contributed by atoms with Crippen LogP contribution < -0.4 is 0 Å². The Morgan fingerprint density at radius 1 is 0.795 bits per heavy atom. The molecule has 3 unspecified atom stereocenters. The third-order valence-corrected chi connectivity index (χ3v) is 6.89. The molecule has 2 N–H and O–H groups in total. The van der Waals surface area contributed by atoms with Crippen LogP contribution in [0, 0.1) is 11.3 Å². The van der Waals surface area contributed by atoms with Gasteiger partial charge in [-0.1, -0.05) is 20.4 Å². The van der Waals surface area contributed by atoms with Crippen LogP contribution in [0.25, 0.3) is 0 Å². The fourth-order valence-corrected chi connectivity index (χ4v) is 4.20. The van der Waals surface area contributed by atoms with Gasteiger partial charge < -0.3 is 24.4 Å². The van der Waals surface area contributed by atoms with Gasteiger partial charge in [-0.15, -0.1) is 0 Å². The smallest absolute Gasteiger partial charge is 0.428 e. The lowest BCUT2D eigenvalue weighted by Gasteiger charge is -2.47. The van der Waals surface area contributed by atoms with Gasteiger partial charge in [0, 0.05) is 5.57 Å². The van der Waals surface area contributed by atoms with Crippen molar-refractivity contribution in [2.45, 2.75) is 136 Å². The van der Waals surface area contributed by atoms with Gasteiger partial charge in [-0.25, -0.2) is 4.79 Å². The molecule has 0 rings (SSSR count). The Morgan fingerprint density at radius 2 is 1.23 bits per heavy atom. The van der Waals surface area contributed by atoms with E-state index in [0.717, 1.165) is 0 Å². The summed E-state index contributed by atoms with van der Waals surface area (Å²) in [6.07, 6.45) is -15.3. The average Bonchev–Trinajstić information content (AvgIpc) is 2.67. The molecule has 0 aliphatic heterocycles. The highest BCUT2D eigenvalue weighted by molar-refractivity contribution is 5.86. The number of carbonyl (C=O) groups excluding carboxylic acids is 1. The Hall–Kier alpha value is -1.37. The van der Waals surface area contributed by atoms with Crippen LogP contribution in [0.5, 0.6) is 0 Å². The number of carbonyl (C=O) groups is 1. The van der Waals surface area contributed by atoms with Gasteiger partial charge in [-0.05, 0) is 86.5 Å². The summed E-state index contributed by atoms with van der Waals surface area (Å²) in [4.78, 5) is 11.9. The van der Waals surface area contributed by atoms with E-state index in [9.17, 15) is 41.4 Å². The first-order valence-corrected chi connectivity index (χ1v) is 12.7. The first-order valence-electron chi connectivity index (χ1n) is 12.7. The highest BCUT2D eigenvalue weighted by atomic mass is 19.4. The molecule has 0 aromatic heterocycles. The van der Waals surface area contributed by atoms with Crippen LogP contribution in [0.15, 0.2) is 12.2 Å². The number of rotatable bonds is 14. The van der Waals surface area contributed by atoms with Crippen LogP contribution >= 0.6 is 0 Å². The van der Waals surface area contributed by atoms with Crippen molar-refractivity contribution < 1.29 is 55.6 Å². The Morgan fingerprint density at radius 3 is 1.59 bits per heavy atom. The number of esters is 1. The fraction of sp³-hybridized carbons (Fsp3) is 0.889. The van der Waals surface area contributed by atoms with Crippen molar-refractivity contribution in [1.29, 1.82) is 0 Å². The van der Waals surface area contributed by atoms with Crippen molar-refractivity contribution in [2.24, 2.45) is 11.3 Å². The highest BCUT2D eigenvalue weighted by Gasteiger charge is 2.74. The second-order valence-electron chi connectivity index (χ2n) is 12.9. The second kappa shape index (κ2) is 12.2. The predicted molar refractivity (Wildman–Crippen MR) is 135 cm³/mol. The van der Waals surface area contributed by atoms with Crippen molar-refractivity contribution in [3.8, 4) is 0 Å². The molecule has 6 nitrogen and oxygen atoms in total. The molecule has 0 aliphatic carbocycles. The zero-order valence-corrected chi connectivity index (χ0v) is 24.9. The van der Waals surface area contributed by atoms with E-state index in [1.54, 1.807) is 34.6 Å². The van der Waals surface area contributed by atoms with Gasteiger partial charge in [0.05, 0.1) is 29.5 Å². The van der Waals surface area contributed by atoms with E-state index >= 15 is 0 Å². The molecule has 0 aliphatic rings. The van der Waals surface area contributed by atoms with E-state index in [-0.39, 0.29) is 25.0 Å². The third-order valence-electron chi connectivity index (χ3n) is 6.89. The first-order chi connectivity index (χ1) is 16.9. The topological polar surface area (TPSA) is 85.2 Å². The van der Waals surface area contributed by atoms with E-state index in [1.807, 2.05) is 0 Å². The monoisotopic (exact) mass is 580 g/mol. The summed E-state index contributed by atoms with van der Waals surface area (Å²) >= 11 is 0. The summed E-state index contributed by atoms with van der Waals surface area (Å²) < 4.78 is 97.8. The lowest BCUT2D eigenvalue weighted by molar-refractivity contribution is -0.399. The lowest BCUT2D eigenvalue weighted by atomic mass is 9.72. The molecular formula is C27H46F6O6.